The van der Waals surface area contributed by atoms with Gasteiger partial charge in [0, 0.05) is 37.8 Å². The molecule has 2 saturated heterocycles. The highest BCUT2D eigenvalue weighted by Crippen LogP contribution is 2.25. The van der Waals surface area contributed by atoms with Gasteiger partial charge in [0.05, 0.1) is 11.4 Å². The number of nitrogens with one attached hydrogen (secondary N) is 1. The normalized spacial score (nSPS) is 24.5. The Morgan fingerprint density at radius 2 is 2.14 bits per heavy atom. The van der Waals surface area contributed by atoms with E-state index in [-0.39, 0.29) is 17.7 Å². The average molecular weight is 323 g/mol. The fourth-order valence-electron chi connectivity index (χ4n) is 3.03. The molecule has 1 amide bonds. The van der Waals surface area contributed by atoms with Crippen molar-refractivity contribution >= 4 is 21.6 Å². The zero-order chi connectivity index (χ0) is 15.7. The molecule has 0 bridgehead atoms. The van der Waals surface area contributed by atoms with Gasteiger partial charge in [0.2, 0.25) is 10.0 Å². The summed E-state index contributed by atoms with van der Waals surface area (Å²) in [6, 6.07) is 7.09. The first-order valence-electron chi connectivity index (χ1n) is 7.61. The molecule has 2 heterocycles. The van der Waals surface area contributed by atoms with E-state index in [1.165, 1.54) is 4.31 Å². The van der Waals surface area contributed by atoms with Crippen LogP contribution in [0.5, 0.6) is 0 Å². The largest absolute Gasteiger partial charge is 0.333 e. The van der Waals surface area contributed by atoms with Crippen LogP contribution in [0.4, 0.5) is 5.69 Å². The summed E-state index contributed by atoms with van der Waals surface area (Å²) in [5.41, 5.74) is 1.14. The van der Waals surface area contributed by atoms with Gasteiger partial charge in [-0.1, -0.05) is 6.07 Å². The summed E-state index contributed by atoms with van der Waals surface area (Å²) in [6.45, 7) is 4.75. The SMILES string of the molecule is C[C@H]1CNCCN1C(=O)c1cccc(N2CCCS2(=O)=O)c1. The molecule has 7 heteroatoms. The van der Waals surface area contributed by atoms with Gasteiger partial charge in [-0.15, -0.1) is 0 Å². The predicted octanol–water partition coefficient (Wildman–Crippen LogP) is 0.660. The van der Waals surface area contributed by atoms with Gasteiger partial charge in [-0.2, -0.15) is 0 Å². The Bertz CT molecular complexity index is 674. The van der Waals surface area contributed by atoms with E-state index in [2.05, 4.69) is 5.32 Å². The highest BCUT2D eigenvalue weighted by atomic mass is 32.2. The summed E-state index contributed by atoms with van der Waals surface area (Å²) in [7, 11) is -3.22. The highest BCUT2D eigenvalue weighted by molar-refractivity contribution is 7.93. The number of anilines is 1. The maximum atomic E-state index is 12.7. The molecule has 2 aliphatic heterocycles. The number of nitrogens with zero attached hydrogens (tertiary/aromatic N) is 2. The molecule has 6 nitrogen and oxygen atoms in total. The number of carbonyl (C=O) groups excluding carboxylic acids is 1. The summed E-state index contributed by atoms with van der Waals surface area (Å²) < 4.78 is 25.4. The van der Waals surface area contributed by atoms with Crippen LogP contribution in [-0.2, 0) is 10.0 Å². The van der Waals surface area contributed by atoms with Crippen LogP contribution < -0.4 is 9.62 Å². The Morgan fingerprint density at radius 3 is 2.82 bits per heavy atom. The molecular weight excluding hydrogens is 302 g/mol. The lowest BCUT2D eigenvalue weighted by Crippen LogP contribution is -2.52. The van der Waals surface area contributed by atoms with Crippen molar-refractivity contribution < 1.29 is 13.2 Å². The number of carbonyl (C=O) groups is 1. The summed E-state index contributed by atoms with van der Waals surface area (Å²) in [5, 5.41) is 3.26. The summed E-state index contributed by atoms with van der Waals surface area (Å²) in [4.78, 5) is 14.5. The molecular formula is C15H21N3O3S. The van der Waals surface area contributed by atoms with Gasteiger partial charge in [0.15, 0.2) is 0 Å². The van der Waals surface area contributed by atoms with Crippen molar-refractivity contribution in [1.29, 1.82) is 0 Å². The van der Waals surface area contributed by atoms with E-state index in [9.17, 15) is 13.2 Å². The van der Waals surface area contributed by atoms with E-state index in [4.69, 9.17) is 0 Å². The molecule has 2 fully saturated rings. The molecule has 1 N–H and O–H groups in total. The second kappa shape index (κ2) is 5.89. The van der Waals surface area contributed by atoms with Gasteiger partial charge in [0.25, 0.3) is 5.91 Å². The summed E-state index contributed by atoms with van der Waals surface area (Å²) >= 11 is 0. The minimum Gasteiger partial charge on any atom is -0.333 e. The van der Waals surface area contributed by atoms with Crippen molar-refractivity contribution in [3.8, 4) is 0 Å². The lowest BCUT2D eigenvalue weighted by Gasteiger charge is -2.34. The summed E-state index contributed by atoms with van der Waals surface area (Å²) in [6.07, 6.45) is 0.634. The minimum atomic E-state index is -3.22. The monoisotopic (exact) mass is 323 g/mol. The Labute approximate surface area is 131 Å². The van der Waals surface area contributed by atoms with Crippen molar-refractivity contribution in [2.45, 2.75) is 19.4 Å². The van der Waals surface area contributed by atoms with Crippen LogP contribution in [0, 0.1) is 0 Å². The van der Waals surface area contributed by atoms with Gasteiger partial charge in [-0.25, -0.2) is 8.42 Å². The van der Waals surface area contributed by atoms with Crippen molar-refractivity contribution in [3.63, 3.8) is 0 Å². The van der Waals surface area contributed by atoms with Crippen molar-refractivity contribution in [2.24, 2.45) is 0 Å². The third-order valence-corrected chi connectivity index (χ3v) is 6.11. The molecule has 1 atom stereocenters. The first kappa shape index (κ1) is 15.3. The molecule has 0 spiro atoms. The average Bonchev–Trinajstić information content (AvgIpc) is 2.86. The van der Waals surface area contributed by atoms with Crippen LogP contribution >= 0.6 is 0 Å². The Hall–Kier alpha value is -1.60. The molecule has 120 valence electrons. The van der Waals surface area contributed by atoms with Crippen LogP contribution in [0.15, 0.2) is 24.3 Å². The predicted molar refractivity (Wildman–Crippen MR) is 85.6 cm³/mol. The second-order valence-corrected chi connectivity index (χ2v) is 7.86. The van der Waals surface area contributed by atoms with E-state index in [0.29, 0.717) is 30.8 Å². The Morgan fingerprint density at radius 1 is 1.32 bits per heavy atom. The number of hydrogen-bond acceptors (Lipinski definition) is 4. The number of amides is 1. The van der Waals surface area contributed by atoms with Crippen LogP contribution in [0.1, 0.15) is 23.7 Å². The summed E-state index contributed by atoms with van der Waals surface area (Å²) in [5.74, 6) is 0.146. The zero-order valence-corrected chi connectivity index (χ0v) is 13.5. The molecule has 1 aromatic carbocycles. The van der Waals surface area contributed by atoms with Gasteiger partial charge >= 0.3 is 0 Å². The number of rotatable bonds is 2. The van der Waals surface area contributed by atoms with Gasteiger partial charge in [-0.3, -0.25) is 9.10 Å². The van der Waals surface area contributed by atoms with Crippen LogP contribution in [0.2, 0.25) is 0 Å². The maximum Gasteiger partial charge on any atom is 0.254 e. The fourth-order valence-corrected chi connectivity index (χ4v) is 4.59. The van der Waals surface area contributed by atoms with Gasteiger partial charge < -0.3 is 10.2 Å². The molecule has 3 rings (SSSR count). The molecule has 22 heavy (non-hydrogen) atoms. The van der Waals surface area contributed by atoms with Crippen molar-refractivity contribution in [2.75, 3.05) is 36.2 Å². The molecule has 0 aliphatic carbocycles. The molecule has 0 unspecified atom stereocenters. The number of sulfonamides is 1. The van der Waals surface area contributed by atoms with Crippen LogP contribution in [0.3, 0.4) is 0 Å². The molecule has 0 saturated carbocycles. The van der Waals surface area contributed by atoms with Crippen molar-refractivity contribution in [1.82, 2.24) is 10.2 Å². The quantitative estimate of drug-likeness (QED) is 0.868. The van der Waals surface area contributed by atoms with E-state index in [0.717, 1.165) is 13.1 Å². The molecule has 0 aromatic heterocycles. The van der Waals surface area contributed by atoms with Crippen LogP contribution in [-0.4, -0.2) is 57.2 Å². The number of hydrogen-bond donors (Lipinski definition) is 1. The van der Waals surface area contributed by atoms with E-state index >= 15 is 0 Å². The lowest BCUT2D eigenvalue weighted by molar-refractivity contribution is 0.0656. The first-order valence-corrected chi connectivity index (χ1v) is 9.22. The van der Waals surface area contributed by atoms with E-state index in [1.54, 1.807) is 24.3 Å². The third-order valence-electron chi connectivity index (χ3n) is 4.24. The first-order chi connectivity index (χ1) is 10.5. The zero-order valence-electron chi connectivity index (χ0n) is 12.7. The van der Waals surface area contributed by atoms with Crippen LogP contribution in [0.25, 0.3) is 0 Å². The lowest BCUT2D eigenvalue weighted by atomic mass is 10.1. The van der Waals surface area contributed by atoms with Crippen molar-refractivity contribution in [3.05, 3.63) is 29.8 Å². The highest BCUT2D eigenvalue weighted by Gasteiger charge is 2.29. The van der Waals surface area contributed by atoms with E-state index in [1.807, 2.05) is 11.8 Å². The Kier molecular flexibility index (Phi) is 4.10. The minimum absolute atomic E-state index is 0.0348. The van der Waals surface area contributed by atoms with E-state index < -0.39 is 10.0 Å². The number of piperazine rings is 1. The topological polar surface area (TPSA) is 69.7 Å². The van der Waals surface area contributed by atoms with Gasteiger partial charge in [-0.05, 0) is 31.5 Å². The second-order valence-electron chi connectivity index (χ2n) is 5.84. The Balaban J connectivity index is 1.86. The fraction of sp³-hybridized carbons (Fsp3) is 0.533. The number of benzene rings is 1. The maximum absolute atomic E-state index is 12.7. The van der Waals surface area contributed by atoms with Gasteiger partial charge in [0.1, 0.15) is 0 Å². The third kappa shape index (κ3) is 2.83. The standard InChI is InChI=1S/C15H21N3O3S/c1-12-11-16-6-8-17(12)15(19)13-4-2-5-14(10-13)18-7-3-9-22(18,20)21/h2,4-5,10,12,16H,3,6-9,11H2,1H3/t12-/m0/s1. The molecule has 2 aliphatic rings. The smallest absolute Gasteiger partial charge is 0.254 e. The molecule has 0 radical (unpaired) electrons. The molecule has 1 aromatic rings.